The van der Waals surface area contributed by atoms with Gasteiger partial charge in [-0.2, -0.15) is 5.26 Å². The Morgan fingerprint density at radius 2 is 0.845 bits per heavy atom. The van der Waals surface area contributed by atoms with E-state index in [1.54, 1.807) is 0 Å². The molecule has 0 saturated carbocycles. The first kappa shape index (κ1) is 32.3. The molecule has 58 heavy (non-hydrogen) atoms. The van der Waals surface area contributed by atoms with Crippen molar-refractivity contribution in [2.24, 2.45) is 0 Å². The molecule has 12 aromatic rings. The van der Waals surface area contributed by atoms with Crippen molar-refractivity contribution in [1.29, 1.82) is 5.26 Å². The molecule has 11 aromatic carbocycles. The highest BCUT2D eigenvalue weighted by Gasteiger charge is 2.19. The summed E-state index contributed by atoms with van der Waals surface area (Å²) < 4.78 is 0. The average Bonchev–Trinajstić information content (AvgIpc) is 3.29. The fraction of sp³-hybridized carbons (Fsp3) is 0. The van der Waals surface area contributed by atoms with Crippen LogP contribution in [0.3, 0.4) is 0 Å². The van der Waals surface area contributed by atoms with Gasteiger partial charge in [-0.25, -0.2) is 9.97 Å². The third-order valence-electron chi connectivity index (χ3n) is 12.0. The molecule has 0 radical (unpaired) electrons. The summed E-state index contributed by atoms with van der Waals surface area (Å²) >= 11 is 0. The highest BCUT2D eigenvalue weighted by atomic mass is 14.9. The Balaban J connectivity index is 1.14. The molecule has 0 unspecified atom stereocenters. The summed E-state index contributed by atoms with van der Waals surface area (Å²) in [6.45, 7) is 0. The van der Waals surface area contributed by atoms with Crippen LogP contribution in [-0.2, 0) is 0 Å². The van der Waals surface area contributed by atoms with E-state index in [1.165, 1.54) is 75.8 Å². The van der Waals surface area contributed by atoms with Crippen LogP contribution >= 0.6 is 0 Å². The number of nitriles is 1. The Kier molecular flexibility index (Phi) is 6.99. The lowest BCUT2D eigenvalue weighted by molar-refractivity contribution is 1.18. The van der Waals surface area contributed by atoms with Crippen LogP contribution in [0.1, 0.15) is 5.56 Å². The lowest BCUT2D eigenvalue weighted by atomic mass is 9.86. The Bertz CT molecular complexity index is 3670. The molecular formula is C55H31N3. The maximum absolute atomic E-state index is 9.46. The van der Waals surface area contributed by atoms with E-state index in [0.717, 1.165) is 38.9 Å². The van der Waals surface area contributed by atoms with Crippen LogP contribution in [0.5, 0.6) is 0 Å². The van der Waals surface area contributed by atoms with Gasteiger partial charge in [-0.1, -0.05) is 158 Å². The average molecular weight is 734 g/mol. The van der Waals surface area contributed by atoms with Crippen LogP contribution < -0.4 is 0 Å². The Morgan fingerprint density at radius 1 is 0.328 bits per heavy atom. The molecule has 0 bridgehead atoms. The molecule has 1 aromatic heterocycles. The minimum atomic E-state index is 0.615. The van der Waals surface area contributed by atoms with Crippen molar-refractivity contribution < 1.29 is 0 Å². The van der Waals surface area contributed by atoms with Crippen molar-refractivity contribution in [2.45, 2.75) is 0 Å². The minimum Gasteiger partial charge on any atom is -0.228 e. The molecule has 0 saturated heterocycles. The smallest absolute Gasteiger partial charge is 0.160 e. The standard InChI is InChI=1S/C55H31N3/c56-32-33-19-21-34(22-20-33)49-31-50(58-55(57-49)38-9-2-1-3-10-38)44-28-27-41(42-14-4-5-15-43(42)44)40-29-39-26-25-37-12-7-17-46-45-16-6-11-35-23-24-36-13-8-18-47(53(36)51(35)45)48(30-40)54(39)52(37)46/h1-31H. The monoisotopic (exact) mass is 733 g/mol. The quantitative estimate of drug-likeness (QED) is 0.169. The Labute approximate surface area is 334 Å². The zero-order valence-electron chi connectivity index (χ0n) is 31.2. The molecule has 12 rings (SSSR count). The van der Waals surface area contributed by atoms with Crippen molar-refractivity contribution in [3.63, 3.8) is 0 Å². The van der Waals surface area contributed by atoms with E-state index >= 15 is 0 Å². The van der Waals surface area contributed by atoms with Gasteiger partial charge in [0, 0.05) is 16.7 Å². The van der Waals surface area contributed by atoms with E-state index in [1.807, 2.05) is 54.6 Å². The third kappa shape index (κ3) is 4.86. The van der Waals surface area contributed by atoms with Gasteiger partial charge < -0.3 is 0 Å². The molecule has 0 spiro atoms. The molecule has 1 heterocycles. The Morgan fingerprint density at radius 3 is 1.48 bits per heavy atom. The molecule has 0 amide bonds. The summed E-state index contributed by atoms with van der Waals surface area (Å²) in [6, 6.07) is 69.4. The number of nitrogens with zero attached hydrogens (tertiary/aromatic N) is 3. The fourth-order valence-electron chi connectivity index (χ4n) is 9.38. The summed E-state index contributed by atoms with van der Waals surface area (Å²) in [5, 5.41) is 27.0. The molecule has 3 heteroatoms. The van der Waals surface area contributed by atoms with Crippen LogP contribution in [0.15, 0.2) is 188 Å². The lowest BCUT2D eigenvalue weighted by Gasteiger charge is -2.18. The van der Waals surface area contributed by atoms with Gasteiger partial charge in [-0.3, -0.25) is 0 Å². The van der Waals surface area contributed by atoms with Crippen LogP contribution in [0.2, 0.25) is 0 Å². The van der Waals surface area contributed by atoms with E-state index in [9.17, 15) is 5.26 Å². The lowest BCUT2D eigenvalue weighted by Crippen LogP contribution is -1.97. The van der Waals surface area contributed by atoms with Crippen LogP contribution in [0, 0.1) is 11.3 Å². The van der Waals surface area contributed by atoms with Gasteiger partial charge in [0.25, 0.3) is 0 Å². The summed E-state index contributed by atoms with van der Waals surface area (Å²) in [7, 11) is 0. The third-order valence-corrected chi connectivity index (χ3v) is 12.0. The number of benzene rings is 10. The van der Waals surface area contributed by atoms with E-state index in [2.05, 4.69) is 140 Å². The second-order valence-corrected chi connectivity index (χ2v) is 15.2. The fourth-order valence-corrected chi connectivity index (χ4v) is 9.38. The molecule has 0 atom stereocenters. The zero-order valence-corrected chi connectivity index (χ0v) is 31.2. The topological polar surface area (TPSA) is 49.6 Å². The second kappa shape index (κ2) is 12.5. The normalized spacial score (nSPS) is 11.8. The first-order valence-corrected chi connectivity index (χ1v) is 19.6. The van der Waals surface area contributed by atoms with Gasteiger partial charge in [0.15, 0.2) is 5.82 Å². The van der Waals surface area contributed by atoms with Crippen molar-refractivity contribution >= 4 is 75.4 Å². The van der Waals surface area contributed by atoms with Gasteiger partial charge in [0.1, 0.15) is 0 Å². The molecule has 266 valence electrons. The van der Waals surface area contributed by atoms with E-state index < -0.39 is 0 Å². The van der Waals surface area contributed by atoms with Gasteiger partial charge >= 0.3 is 0 Å². The van der Waals surface area contributed by atoms with E-state index in [0.29, 0.717) is 11.4 Å². The first-order chi connectivity index (χ1) is 28.7. The number of rotatable bonds is 4. The highest BCUT2D eigenvalue weighted by Crippen LogP contribution is 2.45. The van der Waals surface area contributed by atoms with Crippen molar-refractivity contribution in [2.75, 3.05) is 0 Å². The number of hydrogen-bond donors (Lipinski definition) is 0. The molecule has 0 fully saturated rings. The van der Waals surface area contributed by atoms with E-state index in [-0.39, 0.29) is 0 Å². The van der Waals surface area contributed by atoms with Crippen LogP contribution in [0.25, 0.3) is 120 Å². The minimum absolute atomic E-state index is 0.615. The number of fused-ring (bicyclic) bond motifs is 3. The summed E-state index contributed by atoms with van der Waals surface area (Å²) in [6.07, 6.45) is 0. The van der Waals surface area contributed by atoms with Crippen molar-refractivity contribution in [1.82, 2.24) is 9.97 Å². The SMILES string of the molecule is N#Cc1ccc(-c2cc(-c3ccc(-c4cc5ccc6cccc7c8cccc9ccc%10cccc(c(c4)c5c67)c%10c98)c4ccccc34)nc(-c3ccccc3)n2)cc1. The largest absolute Gasteiger partial charge is 0.228 e. The maximum atomic E-state index is 9.46. The molecule has 0 aliphatic carbocycles. The Hall–Kier alpha value is -7.93. The molecule has 0 N–H and O–H groups in total. The van der Waals surface area contributed by atoms with Gasteiger partial charge in [-0.15, -0.1) is 0 Å². The molecule has 0 aliphatic rings. The van der Waals surface area contributed by atoms with Gasteiger partial charge in [0.05, 0.1) is 23.0 Å². The van der Waals surface area contributed by atoms with Gasteiger partial charge in [-0.05, 0) is 117 Å². The predicted molar refractivity (Wildman–Crippen MR) is 242 cm³/mol. The van der Waals surface area contributed by atoms with Crippen LogP contribution in [-0.4, -0.2) is 9.97 Å². The van der Waals surface area contributed by atoms with E-state index in [4.69, 9.17) is 9.97 Å². The summed E-state index contributed by atoms with van der Waals surface area (Å²) in [5.74, 6) is 0.656. The molecule has 3 nitrogen and oxygen atoms in total. The predicted octanol–water partition coefficient (Wildman–Crippen LogP) is 14.5. The summed E-state index contributed by atoms with van der Waals surface area (Å²) in [4.78, 5) is 10.2. The number of aromatic nitrogens is 2. The molecule has 0 aliphatic heterocycles. The highest BCUT2D eigenvalue weighted by molar-refractivity contribution is 6.37. The van der Waals surface area contributed by atoms with Crippen molar-refractivity contribution in [3.8, 4) is 51.1 Å². The van der Waals surface area contributed by atoms with Crippen LogP contribution in [0.4, 0.5) is 0 Å². The second-order valence-electron chi connectivity index (χ2n) is 15.2. The van der Waals surface area contributed by atoms with Gasteiger partial charge in [0.2, 0.25) is 0 Å². The summed E-state index contributed by atoms with van der Waals surface area (Å²) in [5.41, 5.74) is 7.52. The first-order valence-electron chi connectivity index (χ1n) is 19.6. The maximum Gasteiger partial charge on any atom is 0.160 e. The zero-order chi connectivity index (χ0) is 38.3. The molecular weight excluding hydrogens is 703 g/mol. The number of hydrogen-bond acceptors (Lipinski definition) is 3. The van der Waals surface area contributed by atoms with Crippen molar-refractivity contribution in [3.05, 3.63) is 194 Å².